The van der Waals surface area contributed by atoms with Crippen LogP contribution in [-0.2, 0) is 24.4 Å². The molecule has 0 spiro atoms. The lowest BCUT2D eigenvalue weighted by molar-refractivity contribution is 0.0705. The fourth-order valence-corrected chi connectivity index (χ4v) is 4.34. The second kappa shape index (κ2) is 8.00. The second-order valence-electron chi connectivity index (χ2n) is 6.28. The van der Waals surface area contributed by atoms with Gasteiger partial charge < -0.3 is 18.5 Å². The molecule has 1 amide bonds. The molecule has 0 atom stereocenters. The third kappa shape index (κ3) is 3.58. The monoisotopic (exact) mass is 399 g/mol. The quantitative estimate of drug-likeness (QED) is 0.428. The maximum Gasteiger partial charge on any atom is 0.265 e. The van der Waals surface area contributed by atoms with E-state index >= 15 is 0 Å². The lowest BCUT2D eigenvalue weighted by Gasteiger charge is -2.20. The van der Waals surface area contributed by atoms with Crippen LogP contribution >= 0.6 is 11.3 Å². The summed E-state index contributed by atoms with van der Waals surface area (Å²) in [6, 6.07) is 12.0. The lowest BCUT2D eigenvalue weighted by atomic mass is 10.1. The minimum atomic E-state index is -0.358. The van der Waals surface area contributed by atoms with Gasteiger partial charge in [-0.1, -0.05) is 6.07 Å². The van der Waals surface area contributed by atoms with E-state index in [1.54, 1.807) is 35.6 Å². The Bertz CT molecular complexity index is 1030. The van der Waals surface area contributed by atoms with Gasteiger partial charge in [-0.05, 0) is 36.4 Å². The Hall–Kier alpha value is -2.90. The molecule has 0 unspecified atom stereocenters. The molecule has 4 rings (SSSR count). The molecule has 0 N–H and O–H groups in total. The molecular weight excluding hydrogens is 381 g/mol. The number of carbonyl (C=O) groups is 1. The van der Waals surface area contributed by atoms with Crippen molar-refractivity contribution in [3.63, 3.8) is 0 Å². The number of methoxy groups -OCH3 is 1. The van der Waals surface area contributed by atoms with Gasteiger partial charge in [0.1, 0.15) is 17.3 Å². The number of thiophene rings is 1. The van der Waals surface area contributed by atoms with Crippen LogP contribution in [0.2, 0.25) is 0 Å². The van der Waals surface area contributed by atoms with Gasteiger partial charge >= 0.3 is 0 Å². The first kappa shape index (κ1) is 18.5. The van der Waals surface area contributed by atoms with E-state index in [0.717, 1.165) is 0 Å². The van der Waals surface area contributed by atoms with Crippen LogP contribution in [0.5, 0.6) is 0 Å². The van der Waals surface area contributed by atoms with Gasteiger partial charge in [0.15, 0.2) is 0 Å². The first-order valence-corrected chi connectivity index (χ1v) is 9.52. The highest BCUT2D eigenvalue weighted by Gasteiger charge is 2.26. The highest BCUT2D eigenvalue weighted by atomic mass is 32.1. The van der Waals surface area contributed by atoms with Gasteiger partial charge in [0, 0.05) is 22.8 Å². The molecule has 0 saturated heterocycles. The number of amides is 1. The van der Waals surface area contributed by atoms with Crippen LogP contribution in [0.15, 0.2) is 63.8 Å². The molecule has 3 heterocycles. The third-order valence-electron chi connectivity index (χ3n) is 4.39. The third-order valence-corrected chi connectivity index (χ3v) is 5.57. The number of furan rings is 2. The first-order valence-electron chi connectivity index (χ1n) is 8.70. The van der Waals surface area contributed by atoms with E-state index in [1.165, 1.54) is 24.5 Å². The minimum absolute atomic E-state index is 0.150. The normalized spacial score (nSPS) is 11.2. The van der Waals surface area contributed by atoms with Gasteiger partial charge in [-0.15, -0.1) is 11.3 Å². The Morgan fingerprint density at radius 1 is 1.07 bits per heavy atom. The molecule has 0 bridgehead atoms. The molecule has 5 nitrogen and oxygen atoms in total. The fourth-order valence-electron chi connectivity index (χ4n) is 3.15. The average Bonchev–Trinajstić information content (AvgIpc) is 3.43. The molecule has 0 saturated carbocycles. The van der Waals surface area contributed by atoms with Crippen molar-refractivity contribution in [2.75, 3.05) is 7.11 Å². The Morgan fingerprint density at radius 2 is 1.75 bits per heavy atom. The maximum atomic E-state index is 14.5. The van der Waals surface area contributed by atoms with E-state index < -0.39 is 0 Å². The van der Waals surface area contributed by atoms with Crippen LogP contribution in [0.4, 0.5) is 4.39 Å². The second-order valence-corrected chi connectivity index (χ2v) is 7.33. The first-order chi connectivity index (χ1) is 13.7. The SMILES string of the molecule is COCc1c(C(=O)N(Cc2ccco2)Cc2ccco2)sc2cccc(F)c12. The van der Waals surface area contributed by atoms with Crippen molar-refractivity contribution in [2.24, 2.45) is 0 Å². The standard InChI is InChI=1S/C21H18FNO4S/c1-25-13-16-19-17(22)7-2-8-18(19)28-20(16)21(24)23(11-14-5-3-9-26-14)12-15-6-4-10-27-15/h2-10H,11-13H2,1H3. The molecule has 0 fully saturated rings. The summed E-state index contributed by atoms with van der Waals surface area (Å²) in [4.78, 5) is 15.5. The van der Waals surface area contributed by atoms with E-state index in [1.807, 2.05) is 18.2 Å². The fraction of sp³-hybridized carbons (Fsp3) is 0.190. The molecular formula is C21H18FNO4S. The van der Waals surface area contributed by atoms with Crippen LogP contribution in [0.25, 0.3) is 10.1 Å². The van der Waals surface area contributed by atoms with E-state index in [4.69, 9.17) is 13.6 Å². The number of fused-ring (bicyclic) bond motifs is 1. The zero-order chi connectivity index (χ0) is 19.5. The Morgan fingerprint density at radius 3 is 2.32 bits per heavy atom. The number of rotatable bonds is 7. The van der Waals surface area contributed by atoms with Crippen LogP contribution < -0.4 is 0 Å². The summed E-state index contributed by atoms with van der Waals surface area (Å²) in [6.07, 6.45) is 3.13. The van der Waals surface area contributed by atoms with E-state index in [-0.39, 0.29) is 31.4 Å². The molecule has 0 radical (unpaired) electrons. The van der Waals surface area contributed by atoms with Crippen LogP contribution in [-0.4, -0.2) is 17.9 Å². The summed E-state index contributed by atoms with van der Waals surface area (Å²) in [5.74, 6) is 0.727. The molecule has 1 aromatic carbocycles. The molecule has 0 aliphatic heterocycles. The van der Waals surface area contributed by atoms with E-state index in [2.05, 4.69) is 0 Å². The van der Waals surface area contributed by atoms with Crippen molar-refractivity contribution in [2.45, 2.75) is 19.7 Å². The van der Waals surface area contributed by atoms with E-state index in [9.17, 15) is 9.18 Å². The molecule has 4 aromatic rings. The van der Waals surface area contributed by atoms with Crippen LogP contribution in [0, 0.1) is 5.82 Å². The largest absolute Gasteiger partial charge is 0.467 e. The van der Waals surface area contributed by atoms with Gasteiger partial charge in [0.25, 0.3) is 5.91 Å². The lowest BCUT2D eigenvalue weighted by Crippen LogP contribution is -2.30. The number of ether oxygens (including phenoxy) is 1. The number of carbonyl (C=O) groups excluding carboxylic acids is 1. The topological polar surface area (TPSA) is 55.8 Å². The predicted octanol–water partition coefficient (Wildman–Crippen LogP) is 5.22. The molecule has 28 heavy (non-hydrogen) atoms. The van der Waals surface area contributed by atoms with Gasteiger partial charge in [0.05, 0.1) is 37.1 Å². The van der Waals surface area contributed by atoms with Crippen molar-refractivity contribution >= 4 is 27.3 Å². The summed E-state index contributed by atoms with van der Waals surface area (Å²) in [5, 5.41) is 0.439. The number of hydrogen-bond donors (Lipinski definition) is 0. The zero-order valence-electron chi connectivity index (χ0n) is 15.2. The molecule has 0 aliphatic rings. The van der Waals surface area contributed by atoms with Crippen molar-refractivity contribution in [1.29, 1.82) is 0 Å². The molecule has 3 aromatic heterocycles. The van der Waals surface area contributed by atoms with Gasteiger partial charge in [-0.25, -0.2) is 4.39 Å². The van der Waals surface area contributed by atoms with Gasteiger partial charge in [-0.2, -0.15) is 0 Å². The van der Waals surface area contributed by atoms with Gasteiger partial charge in [-0.3, -0.25) is 4.79 Å². The smallest absolute Gasteiger partial charge is 0.265 e. The molecule has 7 heteroatoms. The van der Waals surface area contributed by atoms with Crippen LogP contribution in [0.1, 0.15) is 26.8 Å². The number of hydrogen-bond acceptors (Lipinski definition) is 5. The summed E-state index contributed by atoms with van der Waals surface area (Å²) in [7, 11) is 1.53. The van der Waals surface area contributed by atoms with Crippen molar-refractivity contribution in [3.8, 4) is 0 Å². The minimum Gasteiger partial charge on any atom is -0.467 e. The predicted molar refractivity (Wildman–Crippen MR) is 103 cm³/mol. The van der Waals surface area contributed by atoms with Crippen molar-refractivity contribution < 1.29 is 22.8 Å². The average molecular weight is 399 g/mol. The van der Waals surface area contributed by atoms with Crippen molar-refractivity contribution in [3.05, 3.63) is 82.8 Å². The summed E-state index contributed by atoms with van der Waals surface area (Å²) in [5.41, 5.74) is 0.564. The van der Waals surface area contributed by atoms with Crippen molar-refractivity contribution in [1.82, 2.24) is 4.90 Å². The maximum absolute atomic E-state index is 14.5. The van der Waals surface area contributed by atoms with Crippen LogP contribution in [0.3, 0.4) is 0 Å². The Balaban J connectivity index is 1.75. The number of halogens is 1. The highest BCUT2D eigenvalue weighted by Crippen LogP contribution is 2.35. The summed E-state index contributed by atoms with van der Waals surface area (Å²) >= 11 is 1.27. The van der Waals surface area contributed by atoms with Gasteiger partial charge in [0.2, 0.25) is 0 Å². The Kier molecular flexibility index (Phi) is 5.27. The number of benzene rings is 1. The van der Waals surface area contributed by atoms with E-state index in [0.29, 0.717) is 32.0 Å². The Labute approximate surface area is 164 Å². The molecule has 0 aliphatic carbocycles. The zero-order valence-corrected chi connectivity index (χ0v) is 16.0. The summed E-state index contributed by atoms with van der Waals surface area (Å²) < 4.78 is 31.3. The highest BCUT2D eigenvalue weighted by molar-refractivity contribution is 7.21. The number of nitrogens with zero attached hydrogens (tertiary/aromatic N) is 1. The summed E-state index contributed by atoms with van der Waals surface area (Å²) in [6.45, 7) is 0.697. The molecule has 144 valence electrons.